The van der Waals surface area contributed by atoms with Crippen LogP contribution in [0.3, 0.4) is 0 Å². The predicted molar refractivity (Wildman–Crippen MR) is 166 cm³/mol. The third kappa shape index (κ3) is 6.78. The highest BCUT2D eigenvalue weighted by Crippen LogP contribution is 2.45. The lowest BCUT2D eigenvalue weighted by atomic mass is 9.94. The predicted octanol–water partition coefficient (Wildman–Crippen LogP) is 8.22. The molecule has 0 unspecified atom stereocenters. The van der Waals surface area contributed by atoms with Crippen molar-refractivity contribution >= 4 is 15.9 Å². The minimum absolute atomic E-state index is 0.342. The van der Waals surface area contributed by atoms with E-state index in [2.05, 4.69) is 15.9 Å². The normalized spacial score (nSPS) is 15.8. The Hall–Kier alpha value is -4.26. The summed E-state index contributed by atoms with van der Waals surface area (Å²) in [6, 6.07) is 39.6. The van der Waals surface area contributed by atoms with Crippen molar-refractivity contribution in [2.45, 2.75) is 38.4 Å². The highest BCUT2D eigenvalue weighted by Gasteiger charge is 2.32. The molecule has 6 rings (SSSR count). The molecule has 0 fully saturated rings. The van der Waals surface area contributed by atoms with Crippen LogP contribution in [0.5, 0.6) is 23.0 Å². The van der Waals surface area contributed by atoms with Gasteiger partial charge in [-0.15, -0.1) is 0 Å². The summed E-state index contributed by atoms with van der Waals surface area (Å²) in [5.41, 5.74) is 4.78. The Morgan fingerprint density at radius 2 is 1.14 bits per heavy atom. The number of aliphatic hydroxyl groups excluding tert-OH is 1. The van der Waals surface area contributed by atoms with E-state index in [-0.39, 0.29) is 0 Å². The molecule has 1 heterocycles. The summed E-state index contributed by atoms with van der Waals surface area (Å²) >= 11 is 3.52. The molecule has 42 heavy (non-hydrogen) atoms. The SMILES string of the molecule is O[C@@H]1Cc2cc(Br)ccc2O[C@@H]1c1cc(OCc2ccccc2)c(OCc2ccccc2)c(OCc2ccccc2)c1. The zero-order valence-corrected chi connectivity index (χ0v) is 24.6. The van der Waals surface area contributed by atoms with Crippen molar-refractivity contribution in [3.05, 3.63) is 154 Å². The van der Waals surface area contributed by atoms with Crippen LogP contribution in [-0.4, -0.2) is 11.2 Å². The van der Waals surface area contributed by atoms with E-state index in [4.69, 9.17) is 18.9 Å². The highest BCUT2D eigenvalue weighted by atomic mass is 79.9. The molecule has 0 saturated carbocycles. The molecule has 5 aromatic rings. The van der Waals surface area contributed by atoms with Gasteiger partial charge in [-0.25, -0.2) is 0 Å². The molecule has 0 spiro atoms. The number of fused-ring (bicyclic) bond motifs is 1. The van der Waals surface area contributed by atoms with Crippen molar-refractivity contribution in [2.75, 3.05) is 0 Å². The third-order valence-electron chi connectivity index (χ3n) is 7.13. The summed E-state index contributed by atoms with van der Waals surface area (Å²) in [5.74, 6) is 2.29. The molecular formula is C36H31BrO5. The molecule has 0 aromatic heterocycles. The summed E-state index contributed by atoms with van der Waals surface area (Å²) in [7, 11) is 0. The molecule has 0 bridgehead atoms. The number of halogens is 1. The molecular weight excluding hydrogens is 592 g/mol. The molecule has 0 saturated heterocycles. The zero-order valence-electron chi connectivity index (χ0n) is 23.0. The van der Waals surface area contributed by atoms with Gasteiger partial charge in [0.1, 0.15) is 25.6 Å². The van der Waals surface area contributed by atoms with Crippen molar-refractivity contribution in [3.63, 3.8) is 0 Å². The highest BCUT2D eigenvalue weighted by molar-refractivity contribution is 9.10. The number of benzene rings is 5. The first-order chi connectivity index (χ1) is 20.6. The van der Waals surface area contributed by atoms with Gasteiger partial charge in [0.25, 0.3) is 0 Å². The van der Waals surface area contributed by atoms with E-state index in [1.807, 2.05) is 121 Å². The van der Waals surface area contributed by atoms with E-state index in [0.717, 1.165) is 38.0 Å². The molecule has 0 aliphatic carbocycles. The van der Waals surface area contributed by atoms with Gasteiger partial charge in [-0.3, -0.25) is 0 Å². The Labute approximate surface area is 254 Å². The van der Waals surface area contributed by atoms with Crippen LogP contribution in [0, 0.1) is 0 Å². The Bertz CT molecular complexity index is 1540. The zero-order chi connectivity index (χ0) is 28.7. The molecule has 1 aliphatic rings. The van der Waals surface area contributed by atoms with Gasteiger partial charge < -0.3 is 24.1 Å². The van der Waals surface area contributed by atoms with E-state index in [1.165, 1.54) is 0 Å². The molecule has 6 heteroatoms. The lowest BCUT2D eigenvalue weighted by Crippen LogP contribution is -2.30. The second kappa shape index (κ2) is 13.1. The first-order valence-electron chi connectivity index (χ1n) is 13.9. The van der Waals surface area contributed by atoms with E-state index >= 15 is 0 Å². The van der Waals surface area contributed by atoms with Gasteiger partial charge >= 0.3 is 0 Å². The second-order valence-electron chi connectivity index (χ2n) is 10.2. The quantitative estimate of drug-likeness (QED) is 0.170. The van der Waals surface area contributed by atoms with Crippen molar-refractivity contribution in [2.24, 2.45) is 0 Å². The van der Waals surface area contributed by atoms with Gasteiger partial charge in [0.2, 0.25) is 5.75 Å². The molecule has 2 atom stereocenters. The lowest BCUT2D eigenvalue weighted by Gasteiger charge is -2.31. The van der Waals surface area contributed by atoms with E-state index in [1.54, 1.807) is 0 Å². The maximum absolute atomic E-state index is 11.2. The summed E-state index contributed by atoms with van der Waals surface area (Å²) in [4.78, 5) is 0. The van der Waals surface area contributed by atoms with Crippen LogP contribution in [0.15, 0.2) is 126 Å². The fourth-order valence-electron chi connectivity index (χ4n) is 4.98. The number of hydrogen-bond donors (Lipinski definition) is 1. The molecule has 5 nitrogen and oxygen atoms in total. The maximum atomic E-state index is 11.2. The fraction of sp³-hybridized carbons (Fsp3) is 0.167. The van der Waals surface area contributed by atoms with Gasteiger partial charge in [-0.05, 0) is 52.6 Å². The van der Waals surface area contributed by atoms with Crippen molar-refractivity contribution in [1.82, 2.24) is 0 Å². The Balaban J connectivity index is 1.38. The van der Waals surface area contributed by atoms with Crippen molar-refractivity contribution in [1.29, 1.82) is 0 Å². The molecule has 0 radical (unpaired) electrons. The second-order valence-corrected chi connectivity index (χ2v) is 11.1. The van der Waals surface area contributed by atoms with Crippen molar-refractivity contribution < 1.29 is 24.1 Å². The minimum Gasteiger partial charge on any atom is -0.485 e. The molecule has 5 aromatic carbocycles. The molecule has 212 valence electrons. The van der Waals surface area contributed by atoms with Crippen LogP contribution in [0.25, 0.3) is 0 Å². The monoisotopic (exact) mass is 622 g/mol. The Kier molecular flexibility index (Phi) is 8.73. The van der Waals surface area contributed by atoms with E-state index in [0.29, 0.717) is 43.5 Å². The van der Waals surface area contributed by atoms with E-state index < -0.39 is 12.2 Å². The van der Waals surface area contributed by atoms with Gasteiger partial charge in [0, 0.05) is 16.5 Å². The first kappa shape index (κ1) is 27.9. The number of ether oxygens (including phenoxy) is 4. The summed E-state index contributed by atoms with van der Waals surface area (Å²) in [6.45, 7) is 1.03. The summed E-state index contributed by atoms with van der Waals surface area (Å²) in [6.07, 6.45) is -0.904. The van der Waals surface area contributed by atoms with E-state index in [9.17, 15) is 5.11 Å². The number of rotatable bonds is 10. The van der Waals surface area contributed by atoms with Gasteiger partial charge in [0.05, 0.1) is 6.10 Å². The van der Waals surface area contributed by atoms with Gasteiger partial charge in [-0.2, -0.15) is 0 Å². The third-order valence-corrected chi connectivity index (χ3v) is 7.62. The topological polar surface area (TPSA) is 57.2 Å². The fourth-order valence-corrected chi connectivity index (χ4v) is 5.39. The summed E-state index contributed by atoms with van der Waals surface area (Å²) in [5, 5.41) is 11.2. The van der Waals surface area contributed by atoms with Crippen LogP contribution in [0.1, 0.15) is 33.9 Å². The number of aliphatic hydroxyl groups is 1. The van der Waals surface area contributed by atoms with Crippen LogP contribution in [0.4, 0.5) is 0 Å². The van der Waals surface area contributed by atoms with Crippen molar-refractivity contribution in [3.8, 4) is 23.0 Å². The van der Waals surface area contributed by atoms with Crippen LogP contribution in [0.2, 0.25) is 0 Å². The van der Waals surface area contributed by atoms with Crippen LogP contribution in [-0.2, 0) is 26.2 Å². The molecule has 0 amide bonds. The summed E-state index contributed by atoms with van der Waals surface area (Å²) < 4.78 is 26.5. The average Bonchev–Trinajstić information content (AvgIpc) is 3.03. The van der Waals surface area contributed by atoms with Crippen LogP contribution < -0.4 is 18.9 Å². The molecule has 1 aliphatic heterocycles. The van der Waals surface area contributed by atoms with Crippen LogP contribution >= 0.6 is 15.9 Å². The maximum Gasteiger partial charge on any atom is 0.203 e. The molecule has 1 N–H and O–H groups in total. The number of hydrogen-bond acceptors (Lipinski definition) is 5. The largest absolute Gasteiger partial charge is 0.485 e. The Morgan fingerprint density at radius 3 is 1.67 bits per heavy atom. The average molecular weight is 624 g/mol. The van der Waals surface area contributed by atoms with Gasteiger partial charge in [0.15, 0.2) is 17.6 Å². The Morgan fingerprint density at radius 1 is 0.643 bits per heavy atom. The minimum atomic E-state index is -0.758. The smallest absolute Gasteiger partial charge is 0.203 e. The van der Waals surface area contributed by atoms with Gasteiger partial charge in [-0.1, -0.05) is 107 Å². The standard InChI is InChI=1S/C36H31BrO5/c37-30-16-17-32-28(18-30)19-31(38)35(42-32)29-20-33(39-22-25-10-4-1-5-11-25)36(41-24-27-14-8-3-9-15-27)34(21-29)40-23-26-12-6-2-7-13-26/h1-18,20-21,31,35,38H,19,22-24H2/t31-,35-/m1/s1. The lowest BCUT2D eigenvalue weighted by molar-refractivity contribution is 0.0204. The first-order valence-corrected chi connectivity index (χ1v) is 14.7.